The third-order valence-corrected chi connectivity index (χ3v) is 10.4. The van der Waals surface area contributed by atoms with Gasteiger partial charge in [0.05, 0.1) is 39.3 Å². The van der Waals surface area contributed by atoms with Crippen LogP contribution in [0.1, 0.15) is 66.7 Å². The first-order valence-electron chi connectivity index (χ1n) is 22.8. The fourth-order valence-electron chi connectivity index (χ4n) is 6.24. The Morgan fingerprint density at radius 3 is 1.59 bits per heavy atom. The van der Waals surface area contributed by atoms with Crippen molar-refractivity contribution < 1.29 is 92.2 Å². The number of nitrogens with one attached hydrogen (secondary N) is 11. The van der Waals surface area contributed by atoms with Crippen LogP contribution in [0.3, 0.4) is 0 Å². The molecule has 0 radical (unpaired) electrons. The summed E-state index contributed by atoms with van der Waals surface area (Å²) in [6, 6.07) is -8.18. The summed E-state index contributed by atoms with van der Waals surface area (Å²) in [7, 11) is 0. The molecule has 11 unspecified atom stereocenters. The molecule has 1 heterocycles. The van der Waals surface area contributed by atoms with Crippen molar-refractivity contribution in [3.8, 4) is 0 Å². The number of amides is 12. The number of aliphatic hydroxyl groups excluding tert-OH is 3. The van der Waals surface area contributed by atoms with E-state index in [0.717, 1.165) is 6.92 Å². The molecule has 19 N–H and O–H groups in total. The minimum absolute atomic E-state index is 0.0170. The Kier molecular flexibility index (Phi) is 28.7. The van der Waals surface area contributed by atoms with Gasteiger partial charge in [0.25, 0.3) is 0 Å². The molecule has 0 spiro atoms. The standard InChI is InChI=1S/C41H69N13O19/c1-18(36(65)51-20(3)40(69)70)50-39(68)24(8-6-7-11-44-28(59)13-46-30(61)15-48-31(62)16-47-29(60)14-45-27(58)12-42)53-26(57)10-9-23(35(43)64)54-37(66)19(2)49-38(67)21(4)72-34-32(52-22(5)56)41(71)73-25(17-55)33(34)63/h18-21,23-25,32-34,41,55,63,71H,6-17,42H2,1-5H3,(H2,43,64)(H,44,59)(H,45,58)(H,46,61)(H,47,60)(H,48,62)(H,49,67)(H,50,68)(H,51,65)(H,52,56)(H,53,57)(H,54,66)(H,69,70). The van der Waals surface area contributed by atoms with Gasteiger partial charge in [0.1, 0.15) is 60.7 Å². The molecule has 1 aliphatic rings. The Hall–Kier alpha value is -7.13. The van der Waals surface area contributed by atoms with Crippen LogP contribution >= 0.6 is 0 Å². The predicted molar refractivity (Wildman–Crippen MR) is 247 cm³/mol. The van der Waals surface area contributed by atoms with Crippen LogP contribution in [-0.4, -0.2) is 210 Å². The van der Waals surface area contributed by atoms with Gasteiger partial charge < -0.3 is 99.9 Å². The number of rotatable bonds is 32. The molecule has 32 heteroatoms. The average molecular weight is 1050 g/mol. The number of hydrogen-bond donors (Lipinski definition) is 17. The van der Waals surface area contributed by atoms with Gasteiger partial charge in [-0.15, -0.1) is 0 Å². The van der Waals surface area contributed by atoms with Gasteiger partial charge in [0, 0.05) is 19.9 Å². The largest absolute Gasteiger partial charge is 0.480 e. The van der Waals surface area contributed by atoms with Gasteiger partial charge in [-0.3, -0.25) is 62.3 Å². The third kappa shape index (κ3) is 24.7. The maximum absolute atomic E-state index is 13.4. The van der Waals surface area contributed by atoms with Gasteiger partial charge in [-0.1, -0.05) is 0 Å². The Morgan fingerprint density at radius 1 is 0.603 bits per heavy atom. The first-order chi connectivity index (χ1) is 34.2. The molecule has 1 saturated heterocycles. The number of aliphatic hydroxyl groups is 3. The first kappa shape index (κ1) is 63.9. The summed E-state index contributed by atoms with van der Waals surface area (Å²) in [5.74, 6) is -10.9. The SMILES string of the molecule is CC(=O)NC1C(O)OC(CO)C(O)C1OC(C)C(=O)NC(C)C(=O)NC(CCC(=O)NC(CCCCNC(=O)CNC(=O)CNC(=O)CNC(=O)CNC(=O)CN)C(=O)NC(C)C(=O)NC(C)C(=O)O)C(N)=O. The van der Waals surface area contributed by atoms with E-state index in [2.05, 4.69) is 58.5 Å². The van der Waals surface area contributed by atoms with E-state index in [1.165, 1.54) is 27.7 Å². The molecule has 0 aliphatic carbocycles. The van der Waals surface area contributed by atoms with E-state index in [-0.39, 0.29) is 32.4 Å². The van der Waals surface area contributed by atoms with Crippen LogP contribution in [0.15, 0.2) is 0 Å². The highest BCUT2D eigenvalue weighted by atomic mass is 16.6. The number of ether oxygens (including phenoxy) is 2. The van der Waals surface area contributed by atoms with Gasteiger partial charge in [0.2, 0.25) is 70.9 Å². The molecule has 1 fully saturated rings. The van der Waals surface area contributed by atoms with Crippen LogP contribution < -0.4 is 70.0 Å². The zero-order valence-electron chi connectivity index (χ0n) is 40.9. The van der Waals surface area contributed by atoms with Crippen LogP contribution in [0, 0.1) is 0 Å². The van der Waals surface area contributed by atoms with Crippen LogP contribution in [0.2, 0.25) is 0 Å². The number of hydrogen-bond acceptors (Lipinski definition) is 19. The maximum Gasteiger partial charge on any atom is 0.325 e. The molecular formula is C41H69N13O19. The molecular weight excluding hydrogens is 979 g/mol. The number of aliphatic carboxylic acids is 1. The molecule has 0 aromatic carbocycles. The smallest absolute Gasteiger partial charge is 0.325 e. The molecule has 0 aromatic heterocycles. The monoisotopic (exact) mass is 1050 g/mol. The van der Waals surface area contributed by atoms with Crippen molar-refractivity contribution in [1.82, 2.24) is 58.5 Å². The minimum Gasteiger partial charge on any atom is -0.480 e. The van der Waals surface area contributed by atoms with Crippen molar-refractivity contribution >= 4 is 76.9 Å². The third-order valence-electron chi connectivity index (χ3n) is 10.4. The molecule has 0 bridgehead atoms. The highest BCUT2D eigenvalue weighted by Gasteiger charge is 2.47. The minimum atomic E-state index is -1.74. The quantitative estimate of drug-likeness (QED) is 0.0278. The molecule has 32 nitrogen and oxygen atoms in total. The lowest BCUT2D eigenvalue weighted by molar-refractivity contribution is -0.266. The molecule has 1 aliphatic heterocycles. The molecule has 73 heavy (non-hydrogen) atoms. The zero-order valence-corrected chi connectivity index (χ0v) is 40.9. The van der Waals surface area contributed by atoms with Crippen molar-refractivity contribution in [2.75, 3.05) is 45.9 Å². The second kappa shape index (κ2) is 32.8. The van der Waals surface area contributed by atoms with Gasteiger partial charge in [-0.05, 0) is 53.4 Å². The van der Waals surface area contributed by atoms with Crippen molar-refractivity contribution in [1.29, 1.82) is 0 Å². The molecule has 412 valence electrons. The highest BCUT2D eigenvalue weighted by Crippen LogP contribution is 2.24. The van der Waals surface area contributed by atoms with E-state index in [1.807, 2.05) is 0 Å². The van der Waals surface area contributed by atoms with E-state index >= 15 is 0 Å². The summed E-state index contributed by atoms with van der Waals surface area (Å²) in [5, 5.41) is 65.2. The van der Waals surface area contributed by atoms with Crippen molar-refractivity contribution in [2.24, 2.45) is 11.5 Å². The lowest BCUT2D eigenvalue weighted by Crippen LogP contribution is -2.65. The Labute approximate surface area is 418 Å². The number of primary amides is 1. The second-order valence-electron chi connectivity index (χ2n) is 16.5. The number of carboxylic acid groups (broad SMARTS) is 1. The average Bonchev–Trinajstić information content (AvgIpc) is 3.33. The summed E-state index contributed by atoms with van der Waals surface area (Å²) in [4.78, 5) is 160. The summed E-state index contributed by atoms with van der Waals surface area (Å²) < 4.78 is 10.8. The lowest BCUT2D eigenvalue weighted by atomic mass is 9.96. The van der Waals surface area contributed by atoms with Gasteiger partial charge >= 0.3 is 5.97 Å². The summed E-state index contributed by atoms with van der Waals surface area (Å²) in [5.41, 5.74) is 10.6. The first-order valence-corrected chi connectivity index (χ1v) is 22.8. The molecule has 11 atom stereocenters. The fraction of sp³-hybridized carbons (Fsp3) is 0.683. The highest BCUT2D eigenvalue weighted by molar-refractivity contribution is 5.95. The Morgan fingerprint density at radius 2 is 1.10 bits per heavy atom. The van der Waals surface area contributed by atoms with Crippen molar-refractivity contribution in [3.63, 3.8) is 0 Å². The molecule has 1 rings (SSSR count). The fourth-order valence-corrected chi connectivity index (χ4v) is 6.24. The van der Waals surface area contributed by atoms with E-state index < -0.39 is 189 Å². The molecule has 12 amide bonds. The van der Waals surface area contributed by atoms with Gasteiger partial charge in [-0.2, -0.15) is 0 Å². The lowest BCUT2D eigenvalue weighted by Gasteiger charge is -2.43. The van der Waals surface area contributed by atoms with E-state index in [4.69, 9.17) is 26.0 Å². The van der Waals surface area contributed by atoms with Gasteiger partial charge in [0.15, 0.2) is 6.29 Å². The molecule has 0 saturated carbocycles. The number of carboxylic acids is 1. The van der Waals surface area contributed by atoms with E-state index in [9.17, 15) is 77.6 Å². The summed E-state index contributed by atoms with van der Waals surface area (Å²) >= 11 is 0. The number of unbranched alkanes of at least 4 members (excludes halogenated alkanes) is 1. The second-order valence-corrected chi connectivity index (χ2v) is 16.5. The summed E-state index contributed by atoms with van der Waals surface area (Å²) in [6.07, 6.45) is -8.29. The zero-order chi connectivity index (χ0) is 55.5. The number of carbonyl (C=O) groups is 13. The van der Waals surface area contributed by atoms with E-state index in [0.29, 0.717) is 0 Å². The maximum atomic E-state index is 13.4. The van der Waals surface area contributed by atoms with Crippen molar-refractivity contribution in [3.05, 3.63) is 0 Å². The van der Waals surface area contributed by atoms with E-state index in [1.54, 1.807) is 0 Å². The number of carbonyl (C=O) groups excluding carboxylic acids is 12. The number of nitrogens with two attached hydrogens (primary N) is 2. The summed E-state index contributed by atoms with van der Waals surface area (Å²) in [6.45, 7) is 3.00. The van der Waals surface area contributed by atoms with Crippen molar-refractivity contribution in [2.45, 2.75) is 134 Å². The van der Waals surface area contributed by atoms with Crippen LogP contribution in [0.25, 0.3) is 0 Å². The van der Waals surface area contributed by atoms with Crippen LogP contribution in [0.4, 0.5) is 0 Å². The predicted octanol–water partition coefficient (Wildman–Crippen LogP) is -10.1. The topological polar surface area (TPSA) is 506 Å². The normalized spacial score (nSPS) is 19.5. The Balaban J connectivity index is 2.83. The Bertz CT molecular complexity index is 1980. The molecule has 0 aromatic rings. The van der Waals surface area contributed by atoms with Crippen LogP contribution in [-0.2, 0) is 71.8 Å². The van der Waals surface area contributed by atoms with Crippen LogP contribution in [0.5, 0.6) is 0 Å². The van der Waals surface area contributed by atoms with Gasteiger partial charge in [-0.25, -0.2) is 0 Å².